The van der Waals surface area contributed by atoms with Crippen LogP contribution in [0.2, 0.25) is 0 Å². The first-order valence-electron chi connectivity index (χ1n) is 7.76. The van der Waals surface area contributed by atoms with Crippen LogP contribution in [0.5, 0.6) is 0 Å². The molecular weight excluding hydrogens is 312 g/mol. The molecule has 0 saturated heterocycles. The molecule has 0 spiro atoms. The van der Waals surface area contributed by atoms with E-state index in [0.717, 1.165) is 56.5 Å². The van der Waals surface area contributed by atoms with Gasteiger partial charge in [-0.05, 0) is 24.8 Å². The highest BCUT2D eigenvalue weighted by atomic mass is 32.2. The molecule has 126 valence electrons. The molecule has 2 aromatic rings. The molecule has 0 amide bonds. The van der Waals surface area contributed by atoms with Crippen molar-refractivity contribution in [3.8, 4) is 0 Å². The maximum Gasteiger partial charge on any atom is 0.191 e. The van der Waals surface area contributed by atoms with Crippen LogP contribution in [0.15, 0.2) is 40.2 Å². The van der Waals surface area contributed by atoms with E-state index in [1.165, 1.54) is 0 Å². The lowest BCUT2D eigenvalue weighted by Crippen LogP contribution is -2.39. The van der Waals surface area contributed by atoms with Crippen LogP contribution in [-0.4, -0.2) is 52.6 Å². The molecule has 0 aliphatic carbocycles. The SMILES string of the molecule is CSCCNC(=NCCCn1ccnn1)NCCc1ccco1. The monoisotopic (exact) mass is 336 g/mol. The Morgan fingerprint density at radius 3 is 3.04 bits per heavy atom. The lowest BCUT2D eigenvalue weighted by molar-refractivity contribution is 0.506. The number of nitrogens with one attached hydrogen (secondary N) is 2. The molecule has 0 fully saturated rings. The zero-order valence-corrected chi connectivity index (χ0v) is 14.3. The minimum atomic E-state index is 0.745. The Morgan fingerprint density at radius 1 is 1.39 bits per heavy atom. The van der Waals surface area contributed by atoms with Gasteiger partial charge in [-0.25, -0.2) is 0 Å². The number of furan rings is 1. The number of rotatable bonds is 10. The maximum atomic E-state index is 5.33. The third-order valence-corrected chi connectivity index (χ3v) is 3.74. The number of thioether (sulfide) groups is 1. The summed E-state index contributed by atoms with van der Waals surface area (Å²) in [5.74, 6) is 2.88. The second-order valence-electron chi connectivity index (χ2n) is 4.93. The molecule has 0 bridgehead atoms. The van der Waals surface area contributed by atoms with E-state index in [1.807, 2.05) is 34.8 Å². The van der Waals surface area contributed by atoms with E-state index in [0.29, 0.717) is 0 Å². The van der Waals surface area contributed by atoms with Gasteiger partial charge in [0.1, 0.15) is 5.76 Å². The van der Waals surface area contributed by atoms with Crippen molar-refractivity contribution in [2.24, 2.45) is 4.99 Å². The molecule has 23 heavy (non-hydrogen) atoms. The minimum Gasteiger partial charge on any atom is -0.469 e. The smallest absolute Gasteiger partial charge is 0.191 e. The molecule has 0 aliphatic heterocycles. The second-order valence-corrected chi connectivity index (χ2v) is 5.91. The Morgan fingerprint density at radius 2 is 2.30 bits per heavy atom. The van der Waals surface area contributed by atoms with Crippen LogP contribution in [0, 0.1) is 0 Å². The summed E-state index contributed by atoms with van der Waals surface area (Å²) in [5.41, 5.74) is 0. The molecule has 8 heteroatoms. The molecule has 0 aliphatic rings. The largest absolute Gasteiger partial charge is 0.469 e. The fourth-order valence-corrected chi connectivity index (χ4v) is 2.29. The fourth-order valence-electron chi connectivity index (χ4n) is 1.98. The summed E-state index contributed by atoms with van der Waals surface area (Å²) >= 11 is 1.81. The maximum absolute atomic E-state index is 5.33. The number of guanidine groups is 1. The van der Waals surface area contributed by atoms with Crippen molar-refractivity contribution in [2.45, 2.75) is 19.4 Å². The standard InChI is InChI=1S/C15H24N6OS/c1-23-13-9-18-15(17-7-5-14-4-2-12-22-14)16-6-3-10-21-11-8-19-20-21/h2,4,8,11-12H,3,5-7,9-10,13H2,1H3,(H2,16,17,18). The molecule has 7 nitrogen and oxygen atoms in total. The van der Waals surface area contributed by atoms with Crippen LogP contribution in [0.25, 0.3) is 0 Å². The van der Waals surface area contributed by atoms with Crippen LogP contribution < -0.4 is 10.6 Å². The highest BCUT2D eigenvalue weighted by Crippen LogP contribution is 1.99. The van der Waals surface area contributed by atoms with Crippen molar-refractivity contribution in [1.82, 2.24) is 25.6 Å². The first kappa shape index (κ1) is 17.4. The number of aryl methyl sites for hydroxylation is 1. The number of aliphatic imine (C=N–C) groups is 1. The van der Waals surface area contributed by atoms with Crippen molar-refractivity contribution < 1.29 is 4.42 Å². The van der Waals surface area contributed by atoms with Gasteiger partial charge < -0.3 is 15.1 Å². The lowest BCUT2D eigenvalue weighted by atomic mass is 10.3. The Balaban J connectivity index is 1.71. The van der Waals surface area contributed by atoms with Gasteiger partial charge in [0.25, 0.3) is 0 Å². The summed E-state index contributed by atoms with van der Waals surface area (Å²) in [5, 5.41) is 14.4. The summed E-state index contributed by atoms with van der Waals surface area (Å²) < 4.78 is 7.15. The quantitative estimate of drug-likeness (QED) is 0.388. The van der Waals surface area contributed by atoms with Crippen molar-refractivity contribution in [3.05, 3.63) is 36.5 Å². The van der Waals surface area contributed by atoms with Gasteiger partial charge in [0, 0.05) is 44.5 Å². The summed E-state index contributed by atoms with van der Waals surface area (Å²) in [6, 6.07) is 3.89. The number of nitrogens with zero attached hydrogens (tertiary/aromatic N) is 4. The van der Waals surface area contributed by atoms with Gasteiger partial charge in [-0.1, -0.05) is 5.21 Å². The number of hydrogen-bond acceptors (Lipinski definition) is 5. The highest BCUT2D eigenvalue weighted by Gasteiger charge is 2.00. The van der Waals surface area contributed by atoms with E-state index in [4.69, 9.17) is 4.42 Å². The Labute approximate surface area is 140 Å². The Hall–Kier alpha value is -1.96. The van der Waals surface area contributed by atoms with Gasteiger partial charge in [0.05, 0.1) is 12.5 Å². The Kier molecular flexibility index (Phi) is 8.10. The van der Waals surface area contributed by atoms with E-state index < -0.39 is 0 Å². The number of hydrogen-bond donors (Lipinski definition) is 2. The molecule has 0 aromatic carbocycles. The van der Waals surface area contributed by atoms with Crippen molar-refractivity contribution >= 4 is 17.7 Å². The Bertz CT molecular complexity index is 540. The van der Waals surface area contributed by atoms with Crippen molar-refractivity contribution in [3.63, 3.8) is 0 Å². The van der Waals surface area contributed by atoms with E-state index >= 15 is 0 Å². The third kappa shape index (κ3) is 7.23. The normalized spacial score (nSPS) is 11.6. The molecule has 2 aromatic heterocycles. The summed E-state index contributed by atoms with van der Waals surface area (Å²) in [4.78, 5) is 4.61. The van der Waals surface area contributed by atoms with Gasteiger partial charge in [-0.15, -0.1) is 5.10 Å². The minimum absolute atomic E-state index is 0.745. The predicted molar refractivity (Wildman–Crippen MR) is 93.7 cm³/mol. The van der Waals surface area contributed by atoms with Crippen LogP contribution in [0.3, 0.4) is 0 Å². The van der Waals surface area contributed by atoms with Crippen LogP contribution >= 0.6 is 11.8 Å². The van der Waals surface area contributed by atoms with Gasteiger partial charge in [-0.2, -0.15) is 11.8 Å². The molecule has 2 rings (SSSR count). The first-order valence-corrected chi connectivity index (χ1v) is 9.15. The van der Waals surface area contributed by atoms with Crippen molar-refractivity contribution in [2.75, 3.05) is 31.6 Å². The average Bonchev–Trinajstić information content (AvgIpc) is 3.24. The van der Waals surface area contributed by atoms with Gasteiger partial charge in [0.2, 0.25) is 0 Å². The molecule has 0 radical (unpaired) electrons. The molecule has 0 unspecified atom stereocenters. The lowest BCUT2D eigenvalue weighted by Gasteiger charge is -2.11. The first-order chi connectivity index (χ1) is 11.4. The molecule has 2 heterocycles. The zero-order chi connectivity index (χ0) is 16.2. The second kappa shape index (κ2) is 10.7. The summed E-state index contributed by atoms with van der Waals surface area (Å²) in [7, 11) is 0. The van der Waals surface area contributed by atoms with Gasteiger partial charge in [0.15, 0.2) is 5.96 Å². The van der Waals surface area contributed by atoms with Crippen LogP contribution in [-0.2, 0) is 13.0 Å². The van der Waals surface area contributed by atoms with Gasteiger partial charge in [-0.3, -0.25) is 9.67 Å². The molecule has 0 saturated carbocycles. The third-order valence-electron chi connectivity index (χ3n) is 3.13. The average molecular weight is 336 g/mol. The topological polar surface area (TPSA) is 80.3 Å². The zero-order valence-electron chi connectivity index (χ0n) is 13.4. The fraction of sp³-hybridized carbons (Fsp3) is 0.533. The summed E-state index contributed by atoms with van der Waals surface area (Å²) in [6.07, 6.45) is 9.12. The van der Waals surface area contributed by atoms with E-state index in [2.05, 4.69) is 32.2 Å². The van der Waals surface area contributed by atoms with Crippen LogP contribution in [0.1, 0.15) is 12.2 Å². The van der Waals surface area contributed by atoms with E-state index in [9.17, 15) is 0 Å². The van der Waals surface area contributed by atoms with E-state index in [1.54, 1.807) is 12.5 Å². The molecule has 0 atom stereocenters. The number of aromatic nitrogens is 3. The van der Waals surface area contributed by atoms with Gasteiger partial charge >= 0.3 is 0 Å². The van der Waals surface area contributed by atoms with Crippen molar-refractivity contribution in [1.29, 1.82) is 0 Å². The predicted octanol–water partition coefficient (Wildman–Crippen LogP) is 1.40. The molecular formula is C15H24N6OS. The summed E-state index contributed by atoms with van der Waals surface area (Å²) in [6.45, 7) is 3.27. The highest BCUT2D eigenvalue weighted by molar-refractivity contribution is 7.98. The molecule has 2 N–H and O–H groups in total. The van der Waals surface area contributed by atoms with E-state index in [-0.39, 0.29) is 0 Å². The van der Waals surface area contributed by atoms with Crippen LogP contribution in [0.4, 0.5) is 0 Å².